The second kappa shape index (κ2) is 5.23. The van der Waals surface area contributed by atoms with Crippen molar-refractivity contribution in [2.45, 2.75) is 19.1 Å². The van der Waals surface area contributed by atoms with Gasteiger partial charge in [-0.15, -0.1) is 0 Å². The summed E-state index contributed by atoms with van der Waals surface area (Å²) in [5.74, 6) is 1.94. The standard InChI is InChI=1S/C14H16ClN3O/c1-18-13(15)8-17-14(18)9-16-7-11-6-10-4-2-3-5-12(10)19-11/h2-5,8,11,16H,6-7,9H2,1H3. The molecule has 0 amide bonds. The molecule has 0 spiro atoms. The van der Waals surface area contributed by atoms with Crippen molar-refractivity contribution in [1.82, 2.24) is 14.9 Å². The van der Waals surface area contributed by atoms with E-state index in [1.165, 1.54) is 5.56 Å². The molecule has 1 N–H and O–H groups in total. The summed E-state index contributed by atoms with van der Waals surface area (Å²) < 4.78 is 7.74. The van der Waals surface area contributed by atoms with Gasteiger partial charge in [0.05, 0.1) is 12.7 Å². The second-order valence-electron chi connectivity index (χ2n) is 4.74. The lowest BCUT2D eigenvalue weighted by molar-refractivity contribution is 0.226. The summed E-state index contributed by atoms with van der Waals surface area (Å²) in [5, 5.41) is 4.02. The van der Waals surface area contributed by atoms with Crippen LogP contribution in [0.15, 0.2) is 30.5 Å². The lowest BCUT2D eigenvalue weighted by atomic mass is 10.1. The minimum atomic E-state index is 0.202. The Morgan fingerprint density at radius 3 is 3.05 bits per heavy atom. The van der Waals surface area contributed by atoms with Crippen molar-refractivity contribution in [3.05, 3.63) is 47.0 Å². The molecule has 100 valence electrons. The van der Waals surface area contributed by atoms with Crippen LogP contribution in [-0.2, 0) is 20.0 Å². The molecule has 0 bridgehead atoms. The first-order chi connectivity index (χ1) is 9.24. The van der Waals surface area contributed by atoms with Crippen molar-refractivity contribution in [3.63, 3.8) is 0 Å². The van der Waals surface area contributed by atoms with Crippen LogP contribution in [0.1, 0.15) is 11.4 Å². The van der Waals surface area contributed by atoms with Crippen LogP contribution in [0.5, 0.6) is 5.75 Å². The van der Waals surface area contributed by atoms with Gasteiger partial charge >= 0.3 is 0 Å². The molecule has 1 unspecified atom stereocenters. The maximum atomic E-state index is 5.94. The zero-order valence-corrected chi connectivity index (χ0v) is 11.5. The highest BCUT2D eigenvalue weighted by molar-refractivity contribution is 6.29. The summed E-state index contributed by atoms with van der Waals surface area (Å²) in [6.07, 6.45) is 2.83. The molecule has 19 heavy (non-hydrogen) atoms. The number of benzene rings is 1. The number of nitrogens with one attached hydrogen (secondary N) is 1. The normalized spacial score (nSPS) is 17.3. The van der Waals surface area contributed by atoms with E-state index in [0.717, 1.165) is 24.5 Å². The van der Waals surface area contributed by atoms with Crippen LogP contribution in [0.2, 0.25) is 5.15 Å². The fourth-order valence-electron chi connectivity index (χ4n) is 2.30. The number of rotatable bonds is 4. The van der Waals surface area contributed by atoms with E-state index < -0.39 is 0 Å². The Balaban J connectivity index is 1.51. The Kier molecular flexibility index (Phi) is 3.44. The van der Waals surface area contributed by atoms with Gasteiger partial charge in [-0.25, -0.2) is 4.98 Å². The molecule has 2 heterocycles. The van der Waals surface area contributed by atoms with E-state index in [2.05, 4.69) is 16.4 Å². The smallest absolute Gasteiger partial charge is 0.128 e. The lowest BCUT2D eigenvalue weighted by Crippen LogP contribution is -2.30. The van der Waals surface area contributed by atoms with Crippen molar-refractivity contribution in [2.24, 2.45) is 7.05 Å². The number of hydrogen-bond donors (Lipinski definition) is 1. The molecule has 1 aromatic heterocycles. The van der Waals surface area contributed by atoms with Gasteiger partial charge in [0.1, 0.15) is 22.8 Å². The second-order valence-corrected chi connectivity index (χ2v) is 5.13. The molecule has 0 saturated heterocycles. The molecule has 1 aliphatic heterocycles. The van der Waals surface area contributed by atoms with Gasteiger partial charge in [0.25, 0.3) is 0 Å². The van der Waals surface area contributed by atoms with E-state index in [1.807, 2.05) is 29.8 Å². The molecule has 5 heteroatoms. The Hall–Kier alpha value is -1.52. The molecule has 3 rings (SSSR count). The summed E-state index contributed by atoms with van der Waals surface area (Å²) in [7, 11) is 1.91. The Morgan fingerprint density at radius 1 is 1.47 bits per heavy atom. The SMILES string of the molecule is Cn1c(Cl)cnc1CNCC1Cc2ccccc2O1. The van der Waals surface area contributed by atoms with Crippen LogP contribution >= 0.6 is 11.6 Å². The molecule has 0 aliphatic carbocycles. The first-order valence-electron chi connectivity index (χ1n) is 6.35. The van der Waals surface area contributed by atoms with Crippen LogP contribution in [-0.4, -0.2) is 22.2 Å². The van der Waals surface area contributed by atoms with E-state index in [9.17, 15) is 0 Å². The van der Waals surface area contributed by atoms with Crippen LogP contribution in [0.25, 0.3) is 0 Å². The van der Waals surface area contributed by atoms with Crippen molar-refractivity contribution < 1.29 is 4.74 Å². The van der Waals surface area contributed by atoms with Gasteiger partial charge < -0.3 is 14.6 Å². The highest BCUT2D eigenvalue weighted by Crippen LogP contribution is 2.27. The highest BCUT2D eigenvalue weighted by Gasteiger charge is 2.21. The first-order valence-corrected chi connectivity index (χ1v) is 6.73. The number of nitrogens with zero attached hydrogens (tertiary/aromatic N) is 2. The molecular weight excluding hydrogens is 262 g/mol. The third-order valence-corrected chi connectivity index (χ3v) is 3.75. The average Bonchev–Trinajstić information content (AvgIpc) is 2.96. The number of para-hydroxylation sites is 1. The monoisotopic (exact) mass is 277 g/mol. The number of halogens is 1. The fraction of sp³-hybridized carbons (Fsp3) is 0.357. The summed E-state index contributed by atoms with van der Waals surface area (Å²) >= 11 is 5.94. The van der Waals surface area contributed by atoms with E-state index >= 15 is 0 Å². The number of hydrogen-bond acceptors (Lipinski definition) is 3. The van der Waals surface area contributed by atoms with E-state index in [1.54, 1.807) is 6.20 Å². The van der Waals surface area contributed by atoms with Crippen LogP contribution < -0.4 is 10.1 Å². The van der Waals surface area contributed by atoms with Crippen molar-refractivity contribution >= 4 is 11.6 Å². The zero-order valence-electron chi connectivity index (χ0n) is 10.8. The largest absolute Gasteiger partial charge is 0.488 e. The van der Waals surface area contributed by atoms with Crippen molar-refractivity contribution in [2.75, 3.05) is 6.54 Å². The topological polar surface area (TPSA) is 39.1 Å². The molecule has 4 nitrogen and oxygen atoms in total. The number of fused-ring (bicyclic) bond motifs is 1. The number of ether oxygens (including phenoxy) is 1. The molecule has 0 fully saturated rings. The zero-order chi connectivity index (χ0) is 13.2. The minimum Gasteiger partial charge on any atom is -0.488 e. The van der Waals surface area contributed by atoms with Crippen molar-refractivity contribution in [3.8, 4) is 5.75 Å². The van der Waals surface area contributed by atoms with Gasteiger partial charge in [0.2, 0.25) is 0 Å². The minimum absolute atomic E-state index is 0.202. The third kappa shape index (κ3) is 2.60. The predicted octanol–water partition coefficient (Wildman–Crippen LogP) is 2.17. The maximum Gasteiger partial charge on any atom is 0.128 e. The number of imidazole rings is 1. The first kappa shape index (κ1) is 12.5. The van der Waals surface area contributed by atoms with Gasteiger partial charge in [0, 0.05) is 20.0 Å². The molecule has 1 aliphatic rings. The third-order valence-electron chi connectivity index (χ3n) is 3.40. The summed E-state index contributed by atoms with van der Waals surface area (Å²) in [6, 6.07) is 8.19. The average molecular weight is 278 g/mol. The quantitative estimate of drug-likeness (QED) is 0.931. The molecule has 1 aromatic carbocycles. The van der Waals surface area contributed by atoms with E-state index in [4.69, 9.17) is 16.3 Å². The maximum absolute atomic E-state index is 5.94. The van der Waals surface area contributed by atoms with Gasteiger partial charge in [0.15, 0.2) is 0 Å². The number of aromatic nitrogens is 2. The molecular formula is C14H16ClN3O. The van der Waals surface area contributed by atoms with E-state index in [-0.39, 0.29) is 6.10 Å². The molecule has 0 radical (unpaired) electrons. The fourth-order valence-corrected chi connectivity index (χ4v) is 2.45. The van der Waals surface area contributed by atoms with Gasteiger partial charge in [-0.1, -0.05) is 29.8 Å². The summed E-state index contributed by atoms with van der Waals surface area (Å²) in [6.45, 7) is 1.50. The highest BCUT2D eigenvalue weighted by atomic mass is 35.5. The van der Waals surface area contributed by atoms with Gasteiger partial charge in [-0.2, -0.15) is 0 Å². The van der Waals surface area contributed by atoms with E-state index in [0.29, 0.717) is 11.7 Å². The summed E-state index contributed by atoms with van der Waals surface area (Å²) in [5.41, 5.74) is 1.29. The molecule has 0 saturated carbocycles. The van der Waals surface area contributed by atoms with Crippen LogP contribution in [0.3, 0.4) is 0 Å². The Bertz CT molecular complexity index is 557. The Labute approximate surface area is 117 Å². The Morgan fingerprint density at radius 2 is 2.32 bits per heavy atom. The lowest BCUT2D eigenvalue weighted by Gasteiger charge is -2.11. The summed E-state index contributed by atoms with van der Waals surface area (Å²) in [4.78, 5) is 4.25. The van der Waals surface area contributed by atoms with Gasteiger partial charge in [-0.05, 0) is 11.6 Å². The van der Waals surface area contributed by atoms with Gasteiger partial charge in [-0.3, -0.25) is 0 Å². The molecule has 1 atom stereocenters. The van der Waals surface area contributed by atoms with Crippen LogP contribution in [0.4, 0.5) is 0 Å². The van der Waals surface area contributed by atoms with Crippen LogP contribution in [0, 0.1) is 0 Å². The predicted molar refractivity (Wildman–Crippen MR) is 74.5 cm³/mol. The van der Waals surface area contributed by atoms with Crippen molar-refractivity contribution in [1.29, 1.82) is 0 Å². The molecule has 2 aromatic rings.